The van der Waals surface area contributed by atoms with E-state index >= 15 is 0 Å². The van der Waals surface area contributed by atoms with Crippen molar-refractivity contribution in [2.45, 2.75) is 38.6 Å². The minimum atomic E-state index is 0.125. The van der Waals surface area contributed by atoms with E-state index in [0.717, 1.165) is 69.7 Å². The van der Waals surface area contributed by atoms with Crippen molar-refractivity contribution in [1.82, 2.24) is 9.80 Å². The number of carbonyl (C=O) groups excluding carboxylic acids is 2. The zero-order valence-corrected chi connectivity index (χ0v) is 14.7. The average Bonchev–Trinajstić information content (AvgIpc) is 3.31. The normalized spacial score (nSPS) is 26.6. The molecular formula is C20H26N2O3. The maximum absolute atomic E-state index is 12.4. The minimum Gasteiger partial charge on any atom is -0.381 e. The van der Waals surface area contributed by atoms with Gasteiger partial charge in [-0.3, -0.25) is 9.59 Å². The average molecular weight is 342 g/mol. The van der Waals surface area contributed by atoms with Gasteiger partial charge < -0.3 is 14.5 Å². The molecule has 25 heavy (non-hydrogen) atoms. The Hall–Kier alpha value is -1.88. The molecule has 3 aliphatic heterocycles. The van der Waals surface area contributed by atoms with E-state index in [1.165, 1.54) is 0 Å². The molecule has 0 bridgehead atoms. The molecule has 0 radical (unpaired) electrons. The van der Waals surface area contributed by atoms with Gasteiger partial charge in [0.15, 0.2) is 0 Å². The highest BCUT2D eigenvalue weighted by atomic mass is 16.5. The maximum Gasteiger partial charge on any atom is 0.253 e. The Morgan fingerprint density at radius 3 is 2.56 bits per heavy atom. The second-order valence-corrected chi connectivity index (χ2v) is 7.75. The lowest BCUT2D eigenvalue weighted by Gasteiger charge is -2.39. The first-order chi connectivity index (χ1) is 12.2. The van der Waals surface area contributed by atoms with Crippen molar-refractivity contribution in [3.63, 3.8) is 0 Å². The Morgan fingerprint density at radius 2 is 1.88 bits per heavy atom. The quantitative estimate of drug-likeness (QED) is 0.848. The molecule has 1 aromatic carbocycles. The van der Waals surface area contributed by atoms with Gasteiger partial charge in [-0.05, 0) is 43.4 Å². The number of rotatable bonds is 3. The molecule has 3 saturated heterocycles. The largest absolute Gasteiger partial charge is 0.381 e. The summed E-state index contributed by atoms with van der Waals surface area (Å²) < 4.78 is 5.58. The van der Waals surface area contributed by atoms with Crippen molar-refractivity contribution in [3.05, 3.63) is 35.4 Å². The summed E-state index contributed by atoms with van der Waals surface area (Å²) in [7, 11) is 0. The summed E-state index contributed by atoms with van der Waals surface area (Å²) in [5.41, 5.74) is 2.00. The number of benzene rings is 1. The van der Waals surface area contributed by atoms with Crippen LogP contribution in [0.1, 0.15) is 48.0 Å². The van der Waals surface area contributed by atoms with Crippen LogP contribution in [-0.2, 0) is 16.1 Å². The van der Waals surface area contributed by atoms with Gasteiger partial charge in [-0.15, -0.1) is 0 Å². The number of piperidine rings is 1. The Balaban J connectivity index is 1.41. The first-order valence-corrected chi connectivity index (χ1v) is 9.39. The first kappa shape index (κ1) is 16.6. The van der Waals surface area contributed by atoms with Gasteiger partial charge in [0.1, 0.15) is 0 Å². The number of hydrogen-bond donors (Lipinski definition) is 0. The number of hydrogen-bond acceptors (Lipinski definition) is 3. The molecule has 0 N–H and O–H groups in total. The van der Waals surface area contributed by atoms with Gasteiger partial charge in [0.05, 0.1) is 6.61 Å². The van der Waals surface area contributed by atoms with Crippen molar-refractivity contribution >= 4 is 11.8 Å². The fourth-order valence-corrected chi connectivity index (χ4v) is 4.29. The summed E-state index contributed by atoms with van der Waals surface area (Å²) in [5.74, 6) is 0.356. The molecule has 0 aliphatic carbocycles. The fourth-order valence-electron chi connectivity index (χ4n) is 4.29. The molecular weight excluding hydrogens is 316 g/mol. The zero-order chi connectivity index (χ0) is 17.3. The second kappa shape index (κ2) is 6.79. The fraction of sp³-hybridized carbons (Fsp3) is 0.600. The SMILES string of the molecule is O=C1CC[C@@]2(CCOC2)CN1Cc1ccc(C(=O)N2CCCC2)cc1. The van der Waals surface area contributed by atoms with Crippen molar-refractivity contribution in [2.24, 2.45) is 5.41 Å². The molecule has 3 heterocycles. The highest BCUT2D eigenvalue weighted by Crippen LogP contribution is 2.38. The molecule has 4 rings (SSSR count). The van der Waals surface area contributed by atoms with E-state index in [2.05, 4.69) is 0 Å². The van der Waals surface area contributed by atoms with E-state index in [0.29, 0.717) is 13.0 Å². The number of nitrogens with zero attached hydrogens (tertiary/aromatic N) is 2. The van der Waals surface area contributed by atoms with Crippen LogP contribution in [0.15, 0.2) is 24.3 Å². The molecule has 3 fully saturated rings. The summed E-state index contributed by atoms with van der Waals surface area (Å²) in [4.78, 5) is 28.6. The highest BCUT2D eigenvalue weighted by Gasteiger charge is 2.41. The summed E-state index contributed by atoms with van der Waals surface area (Å²) in [5, 5.41) is 0. The number of carbonyl (C=O) groups is 2. The van der Waals surface area contributed by atoms with Gasteiger partial charge in [0.25, 0.3) is 5.91 Å². The summed E-state index contributed by atoms with van der Waals surface area (Å²) >= 11 is 0. The van der Waals surface area contributed by atoms with E-state index in [1.54, 1.807) is 0 Å². The van der Waals surface area contributed by atoms with Crippen LogP contribution >= 0.6 is 0 Å². The molecule has 134 valence electrons. The first-order valence-electron chi connectivity index (χ1n) is 9.39. The summed E-state index contributed by atoms with van der Waals surface area (Å²) in [6, 6.07) is 7.78. The Kier molecular flexibility index (Phi) is 4.50. The molecule has 5 heteroatoms. The van der Waals surface area contributed by atoms with E-state index in [9.17, 15) is 9.59 Å². The van der Waals surface area contributed by atoms with Crippen LogP contribution in [-0.4, -0.2) is 54.5 Å². The molecule has 3 aliphatic rings. The van der Waals surface area contributed by atoms with E-state index in [-0.39, 0.29) is 17.2 Å². The molecule has 1 atom stereocenters. The number of likely N-dealkylation sites (tertiary alicyclic amines) is 2. The highest BCUT2D eigenvalue weighted by molar-refractivity contribution is 5.94. The lowest BCUT2D eigenvalue weighted by atomic mass is 9.79. The van der Waals surface area contributed by atoms with Gasteiger partial charge in [0, 0.05) is 50.2 Å². The predicted octanol–water partition coefficient (Wildman–Crippen LogP) is 2.45. The Morgan fingerprint density at radius 1 is 1.12 bits per heavy atom. The Labute approximate surface area is 148 Å². The second-order valence-electron chi connectivity index (χ2n) is 7.75. The van der Waals surface area contributed by atoms with Crippen molar-refractivity contribution < 1.29 is 14.3 Å². The van der Waals surface area contributed by atoms with Crippen LogP contribution in [0.2, 0.25) is 0 Å². The number of amides is 2. The van der Waals surface area contributed by atoms with E-state index < -0.39 is 0 Å². The molecule has 0 aromatic heterocycles. The zero-order valence-electron chi connectivity index (χ0n) is 14.7. The van der Waals surface area contributed by atoms with Crippen LogP contribution in [0.3, 0.4) is 0 Å². The smallest absolute Gasteiger partial charge is 0.253 e. The van der Waals surface area contributed by atoms with Crippen molar-refractivity contribution in [2.75, 3.05) is 32.8 Å². The lowest BCUT2D eigenvalue weighted by molar-refractivity contribution is -0.138. The summed E-state index contributed by atoms with van der Waals surface area (Å²) in [6.07, 6.45) is 4.83. The number of ether oxygens (including phenoxy) is 1. The van der Waals surface area contributed by atoms with Crippen molar-refractivity contribution in [3.8, 4) is 0 Å². The molecule has 2 amide bonds. The third-order valence-corrected chi connectivity index (χ3v) is 5.90. The van der Waals surface area contributed by atoms with Gasteiger partial charge >= 0.3 is 0 Å². The predicted molar refractivity (Wildman–Crippen MR) is 94.1 cm³/mol. The Bertz CT molecular complexity index is 643. The van der Waals surface area contributed by atoms with Crippen LogP contribution in [0.5, 0.6) is 0 Å². The molecule has 0 unspecified atom stereocenters. The van der Waals surface area contributed by atoms with E-state index in [4.69, 9.17) is 4.74 Å². The van der Waals surface area contributed by atoms with Gasteiger partial charge in [-0.25, -0.2) is 0 Å². The monoisotopic (exact) mass is 342 g/mol. The van der Waals surface area contributed by atoms with Gasteiger partial charge in [-0.2, -0.15) is 0 Å². The summed E-state index contributed by atoms with van der Waals surface area (Å²) in [6.45, 7) is 4.74. The molecule has 5 nitrogen and oxygen atoms in total. The molecule has 1 aromatic rings. The third-order valence-electron chi connectivity index (χ3n) is 5.90. The maximum atomic E-state index is 12.4. The van der Waals surface area contributed by atoms with Gasteiger partial charge in [0.2, 0.25) is 5.91 Å². The molecule has 0 saturated carbocycles. The van der Waals surface area contributed by atoms with Gasteiger partial charge in [-0.1, -0.05) is 12.1 Å². The van der Waals surface area contributed by atoms with Crippen LogP contribution in [0.4, 0.5) is 0 Å². The van der Waals surface area contributed by atoms with Crippen LogP contribution in [0, 0.1) is 5.41 Å². The minimum absolute atomic E-state index is 0.125. The standard InChI is InChI=1S/C20H26N2O3/c23-18-7-8-20(9-12-25-15-20)14-22(18)13-16-3-5-17(6-4-16)19(24)21-10-1-2-11-21/h3-6H,1-2,7-15H2/t20-/m1/s1. The molecule has 1 spiro atoms. The topological polar surface area (TPSA) is 49.9 Å². The van der Waals surface area contributed by atoms with Crippen LogP contribution < -0.4 is 0 Å². The third kappa shape index (κ3) is 3.43. The lowest BCUT2D eigenvalue weighted by Crippen LogP contribution is -2.46. The van der Waals surface area contributed by atoms with E-state index in [1.807, 2.05) is 34.1 Å². The van der Waals surface area contributed by atoms with Crippen molar-refractivity contribution in [1.29, 1.82) is 0 Å². The van der Waals surface area contributed by atoms with Crippen LogP contribution in [0.25, 0.3) is 0 Å².